The molecule has 3 aromatic rings. The Morgan fingerprint density at radius 1 is 1.29 bits per heavy atom. The summed E-state index contributed by atoms with van der Waals surface area (Å²) >= 11 is 0. The standard InChI is InChI=1S/C15H18N6/c1-12(10-21-6-5-17-11-21)18-8-14-9-19-20-15(14)13-3-2-4-16-7-13/h2-7,9,11-12,18H,8,10H2,1H3,(H,19,20). The van der Waals surface area contributed by atoms with Crippen LogP contribution in [0.5, 0.6) is 0 Å². The summed E-state index contributed by atoms with van der Waals surface area (Å²) in [6, 6.07) is 4.30. The number of nitrogens with zero attached hydrogens (tertiary/aromatic N) is 4. The van der Waals surface area contributed by atoms with Gasteiger partial charge in [0.2, 0.25) is 0 Å². The minimum absolute atomic E-state index is 0.343. The lowest BCUT2D eigenvalue weighted by Crippen LogP contribution is -2.29. The Morgan fingerprint density at radius 3 is 3.00 bits per heavy atom. The fourth-order valence-electron chi connectivity index (χ4n) is 2.27. The zero-order chi connectivity index (χ0) is 14.5. The molecule has 6 heteroatoms. The van der Waals surface area contributed by atoms with Gasteiger partial charge < -0.3 is 9.88 Å². The number of hydrogen-bond donors (Lipinski definition) is 2. The van der Waals surface area contributed by atoms with Crippen LogP contribution in [-0.4, -0.2) is 30.8 Å². The Kier molecular flexibility index (Phi) is 4.07. The molecule has 0 amide bonds. The quantitative estimate of drug-likeness (QED) is 0.724. The summed E-state index contributed by atoms with van der Waals surface area (Å²) in [7, 11) is 0. The molecule has 21 heavy (non-hydrogen) atoms. The highest BCUT2D eigenvalue weighted by Crippen LogP contribution is 2.19. The third-order valence-corrected chi connectivity index (χ3v) is 3.35. The SMILES string of the molecule is CC(Cn1ccnc1)NCc1cn[nH]c1-c1cccnc1. The summed E-state index contributed by atoms with van der Waals surface area (Å²) in [6.07, 6.45) is 11.1. The fraction of sp³-hybridized carbons (Fsp3) is 0.267. The van der Waals surface area contributed by atoms with Crippen molar-refractivity contribution in [3.8, 4) is 11.3 Å². The molecule has 0 aliphatic carbocycles. The maximum atomic E-state index is 4.15. The van der Waals surface area contributed by atoms with Crippen LogP contribution < -0.4 is 5.32 Å². The van der Waals surface area contributed by atoms with Gasteiger partial charge in [0.1, 0.15) is 0 Å². The van der Waals surface area contributed by atoms with E-state index >= 15 is 0 Å². The zero-order valence-electron chi connectivity index (χ0n) is 11.9. The van der Waals surface area contributed by atoms with E-state index in [1.165, 1.54) is 0 Å². The van der Waals surface area contributed by atoms with Gasteiger partial charge in [-0.05, 0) is 19.1 Å². The van der Waals surface area contributed by atoms with Gasteiger partial charge in [-0.3, -0.25) is 10.1 Å². The van der Waals surface area contributed by atoms with E-state index in [1.807, 2.05) is 37.1 Å². The number of aromatic amines is 1. The van der Waals surface area contributed by atoms with E-state index in [9.17, 15) is 0 Å². The molecule has 6 nitrogen and oxygen atoms in total. The normalized spacial score (nSPS) is 12.4. The molecule has 0 bridgehead atoms. The first-order valence-electron chi connectivity index (χ1n) is 6.94. The minimum Gasteiger partial charge on any atom is -0.336 e. The summed E-state index contributed by atoms with van der Waals surface area (Å²) in [5.74, 6) is 0. The molecule has 0 aromatic carbocycles. The molecule has 0 aliphatic heterocycles. The number of imidazole rings is 1. The molecule has 0 saturated carbocycles. The van der Waals surface area contributed by atoms with Crippen LogP contribution in [0, 0.1) is 0 Å². The molecular weight excluding hydrogens is 264 g/mol. The lowest BCUT2D eigenvalue weighted by Gasteiger charge is -2.14. The lowest BCUT2D eigenvalue weighted by molar-refractivity contribution is 0.476. The van der Waals surface area contributed by atoms with Crippen molar-refractivity contribution < 1.29 is 0 Å². The van der Waals surface area contributed by atoms with Crippen molar-refractivity contribution >= 4 is 0 Å². The second kappa shape index (κ2) is 6.32. The first-order valence-corrected chi connectivity index (χ1v) is 6.94. The molecule has 0 saturated heterocycles. The Balaban J connectivity index is 1.62. The number of hydrogen-bond acceptors (Lipinski definition) is 4. The van der Waals surface area contributed by atoms with Crippen LogP contribution >= 0.6 is 0 Å². The summed E-state index contributed by atoms with van der Waals surface area (Å²) in [5.41, 5.74) is 3.21. The summed E-state index contributed by atoms with van der Waals surface area (Å²) in [6.45, 7) is 3.81. The van der Waals surface area contributed by atoms with E-state index in [-0.39, 0.29) is 0 Å². The molecule has 0 spiro atoms. The van der Waals surface area contributed by atoms with Gasteiger partial charge in [-0.15, -0.1) is 0 Å². The highest BCUT2D eigenvalue weighted by atomic mass is 15.1. The van der Waals surface area contributed by atoms with E-state index < -0.39 is 0 Å². The van der Waals surface area contributed by atoms with E-state index in [0.29, 0.717) is 6.04 Å². The van der Waals surface area contributed by atoms with E-state index in [2.05, 4.69) is 37.0 Å². The smallest absolute Gasteiger partial charge is 0.0946 e. The average molecular weight is 282 g/mol. The molecule has 1 unspecified atom stereocenters. The lowest BCUT2D eigenvalue weighted by atomic mass is 10.1. The predicted octanol–water partition coefficient (Wildman–Crippen LogP) is 1.85. The maximum Gasteiger partial charge on any atom is 0.0946 e. The molecule has 3 heterocycles. The Morgan fingerprint density at radius 2 is 2.24 bits per heavy atom. The van der Waals surface area contributed by atoms with E-state index in [1.54, 1.807) is 12.4 Å². The van der Waals surface area contributed by atoms with Crippen molar-refractivity contribution in [2.24, 2.45) is 0 Å². The molecule has 2 N–H and O–H groups in total. The summed E-state index contributed by atoms with van der Waals surface area (Å²) in [5, 5.41) is 10.7. The first kappa shape index (κ1) is 13.5. The van der Waals surface area contributed by atoms with Gasteiger partial charge in [0.15, 0.2) is 0 Å². The van der Waals surface area contributed by atoms with Crippen molar-refractivity contribution in [3.05, 3.63) is 55.0 Å². The topological polar surface area (TPSA) is 71.4 Å². The molecule has 1 atom stereocenters. The average Bonchev–Trinajstić information content (AvgIpc) is 3.17. The van der Waals surface area contributed by atoms with E-state index in [4.69, 9.17) is 0 Å². The monoisotopic (exact) mass is 282 g/mol. The molecular formula is C15H18N6. The van der Waals surface area contributed by atoms with Crippen LogP contribution in [0.25, 0.3) is 11.3 Å². The number of nitrogens with one attached hydrogen (secondary N) is 2. The zero-order valence-corrected chi connectivity index (χ0v) is 11.9. The van der Waals surface area contributed by atoms with Gasteiger partial charge in [-0.2, -0.15) is 5.10 Å². The Labute approximate surface area is 123 Å². The first-order chi connectivity index (χ1) is 10.3. The number of H-pyrrole nitrogens is 1. The van der Waals surface area contributed by atoms with Crippen molar-refractivity contribution in [2.45, 2.75) is 26.1 Å². The van der Waals surface area contributed by atoms with Crippen LogP contribution in [-0.2, 0) is 13.1 Å². The predicted molar refractivity (Wildman–Crippen MR) is 80.3 cm³/mol. The maximum absolute atomic E-state index is 4.15. The molecule has 108 valence electrons. The Bertz CT molecular complexity index is 659. The van der Waals surface area contributed by atoms with E-state index in [0.717, 1.165) is 29.9 Å². The van der Waals surface area contributed by atoms with Crippen LogP contribution in [0.4, 0.5) is 0 Å². The second-order valence-corrected chi connectivity index (χ2v) is 5.05. The van der Waals surface area contributed by atoms with Crippen molar-refractivity contribution in [3.63, 3.8) is 0 Å². The Hall–Kier alpha value is -2.47. The van der Waals surface area contributed by atoms with Gasteiger partial charge in [0.25, 0.3) is 0 Å². The van der Waals surface area contributed by atoms with Crippen molar-refractivity contribution in [2.75, 3.05) is 0 Å². The fourth-order valence-corrected chi connectivity index (χ4v) is 2.27. The van der Waals surface area contributed by atoms with Crippen molar-refractivity contribution in [1.29, 1.82) is 0 Å². The van der Waals surface area contributed by atoms with Crippen LogP contribution in [0.3, 0.4) is 0 Å². The van der Waals surface area contributed by atoms with Gasteiger partial charge in [0, 0.05) is 55.0 Å². The van der Waals surface area contributed by atoms with Gasteiger partial charge >= 0.3 is 0 Å². The third-order valence-electron chi connectivity index (χ3n) is 3.35. The minimum atomic E-state index is 0.343. The number of rotatable bonds is 6. The third kappa shape index (κ3) is 3.35. The van der Waals surface area contributed by atoms with Crippen LogP contribution in [0.15, 0.2) is 49.4 Å². The molecule has 0 fully saturated rings. The summed E-state index contributed by atoms with van der Waals surface area (Å²) in [4.78, 5) is 8.20. The van der Waals surface area contributed by atoms with Gasteiger partial charge in [-0.25, -0.2) is 4.98 Å². The highest BCUT2D eigenvalue weighted by Gasteiger charge is 2.09. The summed E-state index contributed by atoms with van der Waals surface area (Å²) < 4.78 is 2.06. The number of aromatic nitrogens is 5. The second-order valence-electron chi connectivity index (χ2n) is 5.05. The molecule has 0 radical (unpaired) electrons. The molecule has 3 aromatic heterocycles. The molecule has 0 aliphatic rings. The van der Waals surface area contributed by atoms with Crippen molar-refractivity contribution in [1.82, 2.24) is 30.0 Å². The largest absolute Gasteiger partial charge is 0.336 e. The van der Waals surface area contributed by atoms with Gasteiger partial charge in [-0.1, -0.05) is 0 Å². The van der Waals surface area contributed by atoms with Crippen LogP contribution in [0.2, 0.25) is 0 Å². The van der Waals surface area contributed by atoms with Crippen LogP contribution in [0.1, 0.15) is 12.5 Å². The number of pyridine rings is 1. The highest BCUT2D eigenvalue weighted by molar-refractivity contribution is 5.61. The molecule has 3 rings (SSSR count). The van der Waals surface area contributed by atoms with Gasteiger partial charge in [0.05, 0.1) is 18.2 Å².